The van der Waals surface area contributed by atoms with Crippen molar-refractivity contribution in [1.82, 2.24) is 4.98 Å². The van der Waals surface area contributed by atoms with Crippen molar-refractivity contribution in [2.75, 3.05) is 7.11 Å². The molecule has 0 aliphatic rings. The van der Waals surface area contributed by atoms with Gasteiger partial charge in [-0.2, -0.15) is 0 Å². The number of halogens is 1. The van der Waals surface area contributed by atoms with Crippen LogP contribution in [0.25, 0.3) is 0 Å². The Morgan fingerprint density at radius 2 is 1.84 bits per heavy atom. The molecule has 2 rings (SSSR count). The number of carbonyl (C=O) groups excluding carboxylic acids is 2. The van der Waals surface area contributed by atoms with Gasteiger partial charge in [0.05, 0.1) is 13.0 Å². The molecule has 0 aliphatic heterocycles. The molecule has 0 bridgehead atoms. The molecule has 3 atom stereocenters. The molecule has 0 saturated carbocycles. The maximum absolute atomic E-state index is 14.6. The average Bonchev–Trinajstić information content (AvgIpc) is 2.69. The van der Waals surface area contributed by atoms with Crippen molar-refractivity contribution in [3.63, 3.8) is 0 Å². The summed E-state index contributed by atoms with van der Waals surface area (Å²) in [6.45, 7) is 9.00. The van der Waals surface area contributed by atoms with E-state index in [1.807, 2.05) is 26.8 Å². The van der Waals surface area contributed by atoms with E-state index in [2.05, 4.69) is 4.98 Å². The minimum Gasteiger partial charge on any atom is -0.503 e. The fourth-order valence-corrected chi connectivity index (χ4v) is 3.69. The SMILES string of the molecule is COc1ccnc(C(=O)C[C@@H](C)C(=O)O[C@@H](C)[C@H](c2ccc(C)cc2F)C(C)C)c1O. The molecule has 1 aromatic heterocycles. The molecular weight excluding hydrogens is 401 g/mol. The van der Waals surface area contributed by atoms with E-state index in [1.54, 1.807) is 19.9 Å². The molecule has 0 spiro atoms. The Hall–Kier alpha value is -2.96. The van der Waals surface area contributed by atoms with E-state index in [1.165, 1.54) is 25.4 Å². The molecular formula is C24H30FNO5. The first-order chi connectivity index (χ1) is 14.6. The second kappa shape index (κ2) is 10.4. The number of ether oxygens (including phenoxy) is 2. The van der Waals surface area contributed by atoms with Gasteiger partial charge >= 0.3 is 5.97 Å². The van der Waals surface area contributed by atoms with Gasteiger partial charge in [0.15, 0.2) is 23.0 Å². The van der Waals surface area contributed by atoms with Crippen LogP contribution in [0.2, 0.25) is 0 Å². The molecule has 0 radical (unpaired) electrons. The first-order valence-electron chi connectivity index (χ1n) is 10.3. The average molecular weight is 432 g/mol. The Bertz CT molecular complexity index is 944. The smallest absolute Gasteiger partial charge is 0.309 e. The summed E-state index contributed by atoms with van der Waals surface area (Å²) >= 11 is 0. The van der Waals surface area contributed by atoms with E-state index in [0.29, 0.717) is 5.56 Å². The summed E-state index contributed by atoms with van der Waals surface area (Å²) < 4.78 is 25.2. The number of benzene rings is 1. The Morgan fingerprint density at radius 1 is 1.16 bits per heavy atom. The number of hydrogen-bond acceptors (Lipinski definition) is 6. The standard InChI is InChI=1S/C24H30FNO5/c1-13(2)21(17-8-7-14(3)11-18(17)25)16(5)31-24(29)15(4)12-19(27)22-23(28)20(30-6)9-10-26-22/h7-11,13,15-16,21,28H,12H2,1-6H3/t15-,16+,21-/m1/s1. The maximum atomic E-state index is 14.6. The van der Waals surface area contributed by atoms with Crippen LogP contribution in [0.1, 0.15) is 61.6 Å². The highest BCUT2D eigenvalue weighted by Crippen LogP contribution is 2.33. The normalized spacial score (nSPS) is 14.1. The Balaban J connectivity index is 2.11. The highest BCUT2D eigenvalue weighted by atomic mass is 19.1. The van der Waals surface area contributed by atoms with Crippen LogP contribution in [0.5, 0.6) is 11.5 Å². The van der Waals surface area contributed by atoms with Crippen molar-refractivity contribution in [1.29, 1.82) is 0 Å². The van der Waals surface area contributed by atoms with Gasteiger partial charge in [0.1, 0.15) is 11.9 Å². The number of methoxy groups -OCH3 is 1. The third-order valence-electron chi connectivity index (χ3n) is 5.31. The Kier molecular flexibility index (Phi) is 8.14. The molecule has 7 heteroatoms. The van der Waals surface area contributed by atoms with Gasteiger partial charge in [-0.3, -0.25) is 9.59 Å². The summed E-state index contributed by atoms with van der Waals surface area (Å²) in [7, 11) is 1.37. The van der Waals surface area contributed by atoms with Gasteiger partial charge in [0, 0.05) is 24.6 Å². The number of ketones is 1. The molecule has 1 N–H and O–H groups in total. The van der Waals surface area contributed by atoms with Crippen LogP contribution >= 0.6 is 0 Å². The zero-order valence-electron chi connectivity index (χ0n) is 18.8. The second-order valence-corrected chi connectivity index (χ2v) is 8.18. The third kappa shape index (κ3) is 5.81. The fourth-order valence-electron chi connectivity index (χ4n) is 3.69. The summed E-state index contributed by atoms with van der Waals surface area (Å²) in [5.74, 6) is -2.71. The largest absolute Gasteiger partial charge is 0.503 e. The minimum atomic E-state index is -0.766. The number of aryl methyl sites for hydroxylation is 1. The number of rotatable bonds is 9. The predicted molar refractivity (Wildman–Crippen MR) is 115 cm³/mol. The quantitative estimate of drug-likeness (QED) is 0.452. The van der Waals surface area contributed by atoms with Crippen molar-refractivity contribution in [3.05, 3.63) is 53.1 Å². The number of hydrogen-bond donors (Lipinski definition) is 1. The zero-order chi connectivity index (χ0) is 23.3. The van der Waals surface area contributed by atoms with Crippen LogP contribution in [-0.2, 0) is 9.53 Å². The zero-order valence-corrected chi connectivity index (χ0v) is 18.8. The van der Waals surface area contributed by atoms with Gasteiger partial charge in [-0.05, 0) is 37.0 Å². The molecule has 0 amide bonds. The van der Waals surface area contributed by atoms with E-state index in [9.17, 15) is 19.1 Å². The fraction of sp³-hybridized carbons (Fsp3) is 0.458. The lowest BCUT2D eigenvalue weighted by Gasteiger charge is -2.29. The summed E-state index contributed by atoms with van der Waals surface area (Å²) in [6.07, 6.45) is 0.565. The molecule has 168 valence electrons. The molecule has 2 aromatic rings. The first-order valence-corrected chi connectivity index (χ1v) is 10.3. The van der Waals surface area contributed by atoms with Gasteiger partial charge in [-0.25, -0.2) is 9.37 Å². The topological polar surface area (TPSA) is 85.7 Å². The molecule has 0 aliphatic carbocycles. The predicted octanol–water partition coefficient (Wildman–Crippen LogP) is 4.82. The van der Waals surface area contributed by atoms with Crippen molar-refractivity contribution in [2.24, 2.45) is 11.8 Å². The van der Waals surface area contributed by atoms with Crippen molar-refractivity contribution < 1.29 is 28.6 Å². The third-order valence-corrected chi connectivity index (χ3v) is 5.31. The highest BCUT2D eigenvalue weighted by molar-refractivity contribution is 5.99. The van der Waals surface area contributed by atoms with E-state index in [4.69, 9.17) is 9.47 Å². The van der Waals surface area contributed by atoms with Crippen molar-refractivity contribution >= 4 is 11.8 Å². The van der Waals surface area contributed by atoms with Crippen LogP contribution in [-0.4, -0.2) is 35.1 Å². The van der Waals surface area contributed by atoms with Gasteiger partial charge in [0.25, 0.3) is 0 Å². The summed E-state index contributed by atoms with van der Waals surface area (Å²) in [5.41, 5.74) is 1.15. The lowest BCUT2D eigenvalue weighted by atomic mass is 9.83. The lowest BCUT2D eigenvalue weighted by molar-refractivity contribution is -0.154. The number of carbonyl (C=O) groups is 2. The minimum absolute atomic E-state index is 0.0230. The van der Waals surface area contributed by atoms with Gasteiger partial charge in [0.2, 0.25) is 0 Å². The summed E-state index contributed by atoms with van der Waals surface area (Å²) in [4.78, 5) is 29.1. The van der Waals surface area contributed by atoms with E-state index >= 15 is 0 Å². The molecule has 0 saturated heterocycles. The molecule has 6 nitrogen and oxygen atoms in total. The second-order valence-electron chi connectivity index (χ2n) is 8.18. The number of esters is 1. The number of pyridine rings is 1. The van der Waals surface area contributed by atoms with Crippen LogP contribution in [0, 0.1) is 24.6 Å². The highest BCUT2D eigenvalue weighted by Gasteiger charge is 2.30. The van der Waals surface area contributed by atoms with Crippen molar-refractivity contribution in [3.8, 4) is 11.5 Å². The van der Waals surface area contributed by atoms with Gasteiger partial charge < -0.3 is 14.6 Å². The lowest BCUT2D eigenvalue weighted by Crippen LogP contribution is -2.30. The van der Waals surface area contributed by atoms with E-state index in [0.717, 1.165) is 5.56 Å². The molecule has 0 unspecified atom stereocenters. The molecule has 31 heavy (non-hydrogen) atoms. The number of Topliss-reactive ketones (excluding diaryl/α,β-unsaturated/α-hetero) is 1. The first kappa shape index (κ1) is 24.3. The number of aromatic hydroxyl groups is 1. The molecule has 1 heterocycles. The van der Waals surface area contributed by atoms with Crippen LogP contribution < -0.4 is 4.74 Å². The molecule has 0 fully saturated rings. The number of aromatic nitrogens is 1. The van der Waals surface area contributed by atoms with Crippen molar-refractivity contribution in [2.45, 2.75) is 53.1 Å². The Labute approximate surface area is 182 Å². The van der Waals surface area contributed by atoms with Gasteiger partial charge in [-0.1, -0.05) is 32.9 Å². The van der Waals surface area contributed by atoms with Crippen LogP contribution in [0.15, 0.2) is 30.5 Å². The summed E-state index contributed by atoms with van der Waals surface area (Å²) in [5, 5.41) is 10.1. The number of nitrogens with zero attached hydrogens (tertiary/aromatic N) is 1. The van der Waals surface area contributed by atoms with Crippen LogP contribution in [0.4, 0.5) is 4.39 Å². The Morgan fingerprint density at radius 3 is 2.42 bits per heavy atom. The van der Waals surface area contributed by atoms with E-state index in [-0.39, 0.29) is 41.3 Å². The van der Waals surface area contributed by atoms with Gasteiger partial charge in [-0.15, -0.1) is 0 Å². The monoisotopic (exact) mass is 431 g/mol. The maximum Gasteiger partial charge on any atom is 0.309 e. The molecule has 1 aromatic carbocycles. The summed E-state index contributed by atoms with van der Waals surface area (Å²) in [6, 6.07) is 6.46. The van der Waals surface area contributed by atoms with E-state index < -0.39 is 23.8 Å². The van der Waals surface area contributed by atoms with Crippen LogP contribution in [0.3, 0.4) is 0 Å².